The number of benzene rings is 1. The fourth-order valence-corrected chi connectivity index (χ4v) is 2.54. The van der Waals surface area contributed by atoms with Gasteiger partial charge in [-0.1, -0.05) is 18.2 Å². The van der Waals surface area contributed by atoms with Crippen LogP contribution in [-0.4, -0.2) is 31.8 Å². The Hall–Kier alpha value is -1.92. The van der Waals surface area contributed by atoms with Gasteiger partial charge in [-0.3, -0.25) is 4.79 Å². The third-order valence-electron chi connectivity index (χ3n) is 2.71. The van der Waals surface area contributed by atoms with Crippen LogP contribution in [0.25, 0.3) is 11.3 Å². The van der Waals surface area contributed by atoms with E-state index in [1.807, 2.05) is 0 Å². The van der Waals surface area contributed by atoms with E-state index < -0.39 is 10.0 Å². The number of hydrogen-bond donors (Lipinski definition) is 1. The molecule has 0 radical (unpaired) electrons. The Morgan fingerprint density at radius 3 is 2.16 bits per heavy atom. The van der Waals surface area contributed by atoms with Crippen molar-refractivity contribution in [2.24, 2.45) is 0 Å². The van der Waals surface area contributed by atoms with Gasteiger partial charge in [0.2, 0.25) is 15.6 Å². The van der Waals surface area contributed by atoms with Crippen LogP contribution >= 0.6 is 0 Å². The fraction of sp³-hybridized carbons (Fsp3) is 0.154. The van der Waals surface area contributed by atoms with Gasteiger partial charge in [-0.15, -0.1) is 0 Å². The molecule has 0 spiro atoms. The molecule has 19 heavy (non-hydrogen) atoms. The highest BCUT2D eigenvalue weighted by Gasteiger charge is 2.16. The van der Waals surface area contributed by atoms with E-state index in [1.165, 1.54) is 32.3 Å². The van der Waals surface area contributed by atoms with Crippen LogP contribution in [0.2, 0.25) is 0 Å². The highest BCUT2D eigenvalue weighted by atomic mass is 32.2. The quantitative estimate of drug-likeness (QED) is 0.919. The molecule has 0 amide bonds. The summed E-state index contributed by atoms with van der Waals surface area (Å²) in [7, 11) is -0.455. The van der Waals surface area contributed by atoms with Gasteiger partial charge in [-0.25, -0.2) is 12.7 Å². The predicted octanol–water partition coefficient (Wildman–Crippen LogP) is 1.29. The first-order valence-electron chi connectivity index (χ1n) is 5.63. The number of H-pyrrole nitrogens is 1. The van der Waals surface area contributed by atoms with E-state index in [0.717, 1.165) is 9.87 Å². The standard InChI is InChI=1S/C13H14N2O3S/c1-15(2)19(17,18)11-8-6-10(7-9-11)12-4-3-5-13(16)14-12/h3-9H,1-2H3,(H,14,16). The third kappa shape index (κ3) is 2.74. The van der Waals surface area contributed by atoms with Gasteiger partial charge in [0, 0.05) is 25.9 Å². The van der Waals surface area contributed by atoms with Gasteiger partial charge in [0.1, 0.15) is 0 Å². The SMILES string of the molecule is CN(C)S(=O)(=O)c1ccc(-c2cccc(=O)[nH]2)cc1. The second-order valence-corrected chi connectivity index (χ2v) is 6.39. The van der Waals surface area contributed by atoms with Crippen molar-refractivity contribution in [3.05, 3.63) is 52.8 Å². The molecule has 6 heteroatoms. The lowest BCUT2D eigenvalue weighted by molar-refractivity contribution is 0.521. The molecule has 2 rings (SSSR count). The number of rotatable bonds is 3. The molecular weight excluding hydrogens is 264 g/mol. The van der Waals surface area contributed by atoms with Crippen LogP contribution in [0.15, 0.2) is 52.2 Å². The van der Waals surface area contributed by atoms with E-state index in [4.69, 9.17) is 0 Å². The maximum Gasteiger partial charge on any atom is 0.248 e. The van der Waals surface area contributed by atoms with Gasteiger partial charge >= 0.3 is 0 Å². The van der Waals surface area contributed by atoms with Crippen molar-refractivity contribution in [1.29, 1.82) is 0 Å². The molecule has 1 aromatic carbocycles. The van der Waals surface area contributed by atoms with Gasteiger partial charge in [-0.2, -0.15) is 0 Å². The van der Waals surface area contributed by atoms with Crippen molar-refractivity contribution in [2.75, 3.05) is 14.1 Å². The van der Waals surface area contributed by atoms with Crippen LogP contribution in [0.1, 0.15) is 0 Å². The van der Waals surface area contributed by atoms with Crippen molar-refractivity contribution in [2.45, 2.75) is 4.90 Å². The number of nitrogens with one attached hydrogen (secondary N) is 1. The van der Waals surface area contributed by atoms with Crippen molar-refractivity contribution < 1.29 is 8.42 Å². The first kappa shape index (κ1) is 13.5. The minimum Gasteiger partial charge on any atom is -0.322 e. The molecule has 100 valence electrons. The van der Waals surface area contributed by atoms with Crippen molar-refractivity contribution in [3.63, 3.8) is 0 Å². The van der Waals surface area contributed by atoms with Crippen LogP contribution in [0.4, 0.5) is 0 Å². The van der Waals surface area contributed by atoms with E-state index in [2.05, 4.69) is 4.98 Å². The molecule has 0 unspecified atom stereocenters. The van der Waals surface area contributed by atoms with Crippen molar-refractivity contribution in [3.8, 4) is 11.3 Å². The summed E-state index contributed by atoms with van der Waals surface area (Å²) in [5.74, 6) is 0. The number of sulfonamides is 1. The Morgan fingerprint density at radius 2 is 1.63 bits per heavy atom. The summed E-state index contributed by atoms with van der Waals surface area (Å²) >= 11 is 0. The molecule has 0 saturated carbocycles. The highest BCUT2D eigenvalue weighted by Crippen LogP contribution is 2.19. The molecule has 0 aliphatic heterocycles. The highest BCUT2D eigenvalue weighted by molar-refractivity contribution is 7.89. The zero-order valence-corrected chi connectivity index (χ0v) is 11.4. The van der Waals surface area contributed by atoms with E-state index in [0.29, 0.717) is 5.69 Å². The minimum atomic E-state index is -3.42. The Balaban J connectivity index is 2.42. The molecule has 5 nitrogen and oxygen atoms in total. The number of pyridine rings is 1. The molecule has 1 heterocycles. The zero-order chi connectivity index (χ0) is 14.0. The molecule has 2 aromatic rings. The predicted molar refractivity (Wildman–Crippen MR) is 73.4 cm³/mol. The molecule has 1 N–H and O–H groups in total. The van der Waals surface area contributed by atoms with Crippen LogP contribution in [0.3, 0.4) is 0 Å². The fourth-order valence-electron chi connectivity index (χ4n) is 1.63. The molecule has 0 saturated heterocycles. The Kier molecular flexibility index (Phi) is 3.55. The molecule has 0 atom stereocenters. The summed E-state index contributed by atoms with van der Waals surface area (Å²) in [6.07, 6.45) is 0. The van der Waals surface area contributed by atoms with Crippen LogP contribution in [0.5, 0.6) is 0 Å². The Morgan fingerprint density at radius 1 is 1.00 bits per heavy atom. The monoisotopic (exact) mass is 278 g/mol. The summed E-state index contributed by atoms with van der Waals surface area (Å²) < 4.78 is 25.0. The third-order valence-corrected chi connectivity index (χ3v) is 4.54. The normalized spacial score (nSPS) is 11.7. The lowest BCUT2D eigenvalue weighted by Crippen LogP contribution is -2.22. The summed E-state index contributed by atoms with van der Waals surface area (Å²) in [6, 6.07) is 11.2. The van der Waals surface area contributed by atoms with Crippen LogP contribution < -0.4 is 5.56 Å². The lowest BCUT2D eigenvalue weighted by Gasteiger charge is -2.11. The van der Waals surface area contributed by atoms with Crippen LogP contribution in [0, 0.1) is 0 Å². The average Bonchev–Trinajstić information content (AvgIpc) is 2.38. The molecule has 0 fully saturated rings. The Bertz CT molecular complexity index is 731. The number of nitrogens with zero attached hydrogens (tertiary/aromatic N) is 1. The number of aromatic nitrogens is 1. The van der Waals surface area contributed by atoms with Gasteiger partial charge in [0.05, 0.1) is 4.90 Å². The lowest BCUT2D eigenvalue weighted by atomic mass is 10.1. The molecule has 0 aliphatic carbocycles. The smallest absolute Gasteiger partial charge is 0.248 e. The largest absolute Gasteiger partial charge is 0.322 e. The van der Waals surface area contributed by atoms with E-state index in [1.54, 1.807) is 24.3 Å². The topological polar surface area (TPSA) is 70.2 Å². The zero-order valence-electron chi connectivity index (χ0n) is 10.6. The Labute approximate surface area is 111 Å². The molecule has 0 aliphatic rings. The number of aromatic amines is 1. The van der Waals surface area contributed by atoms with Gasteiger partial charge in [-0.05, 0) is 23.8 Å². The van der Waals surface area contributed by atoms with E-state index in [9.17, 15) is 13.2 Å². The van der Waals surface area contributed by atoms with Crippen molar-refractivity contribution in [1.82, 2.24) is 9.29 Å². The summed E-state index contributed by atoms with van der Waals surface area (Å²) in [5, 5.41) is 0. The summed E-state index contributed by atoms with van der Waals surface area (Å²) in [6.45, 7) is 0. The van der Waals surface area contributed by atoms with E-state index >= 15 is 0 Å². The van der Waals surface area contributed by atoms with Gasteiger partial charge in [0.15, 0.2) is 0 Å². The maximum atomic E-state index is 11.9. The van der Waals surface area contributed by atoms with E-state index in [-0.39, 0.29) is 10.5 Å². The molecule has 0 bridgehead atoms. The first-order chi connectivity index (χ1) is 8.91. The minimum absolute atomic E-state index is 0.192. The summed E-state index contributed by atoms with van der Waals surface area (Å²) in [5.41, 5.74) is 1.22. The van der Waals surface area contributed by atoms with Gasteiger partial charge < -0.3 is 4.98 Å². The van der Waals surface area contributed by atoms with Crippen molar-refractivity contribution >= 4 is 10.0 Å². The molecule has 1 aromatic heterocycles. The number of hydrogen-bond acceptors (Lipinski definition) is 3. The maximum absolute atomic E-state index is 11.9. The van der Waals surface area contributed by atoms with Gasteiger partial charge in [0.25, 0.3) is 0 Å². The average molecular weight is 278 g/mol. The van der Waals surface area contributed by atoms with Crippen LogP contribution in [-0.2, 0) is 10.0 Å². The molecular formula is C13H14N2O3S. The summed E-state index contributed by atoms with van der Waals surface area (Å²) in [4.78, 5) is 14.1. The second kappa shape index (κ2) is 4.99. The second-order valence-electron chi connectivity index (χ2n) is 4.24. The first-order valence-corrected chi connectivity index (χ1v) is 7.07.